The molecule has 2 nitrogen and oxygen atoms in total. The highest BCUT2D eigenvalue weighted by Crippen LogP contribution is 2.32. The predicted molar refractivity (Wildman–Crippen MR) is 71.4 cm³/mol. The highest BCUT2D eigenvalue weighted by molar-refractivity contribution is 6.19. The average molecular weight is 255 g/mol. The summed E-state index contributed by atoms with van der Waals surface area (Å²) < 4.78 is 5.33. The van der Waals surface area contributed by atoms with E-state index in [1.165, 1.54) is 0 Å². The van der Waals surface area contributed by atoms with Gasteiger partial charge in [0.2, 0.25) is 0 Å². The van der Waals surface area contributed by atoms with Gasteiger partial charge < -0.3 is 4.74 Å². The quantitative estimate of drug-likeness (QED) is 0.603. The number of carbonyl (C=O) groups is 1. The zero-order chi connectivity index (χ0) is 13.1. The molecule has 0 unspecified atom stereocenters. The van der Waals surface area contributed by atoms with E-state index in [9.17, 15) is 4.79 Å². The van der Waals surface area contributed by atoms with Gasteiger partial charge in [0.25, 0.3) is 0 Å². The molecular weight excluding hydrogens is 236 g/mol. The highest BCUT2D eigenvalue weighted by Gasteiger charge is 2.20. The van der Waals surface area contributed by atoms with Gasteiger partial charge in [0.05, 0.1) is 7.11 Å². The van der Waals surface area contributed by atoms with Crippen molar-refractivity contribution in [1.29, 1.82) is 0 Å². The summed E-state index contributed by atoms with van der Waals surface area (Å²) in [5, 5.41) is 0. The van der Waals surface area contributed by atoms with Crippen LogP contribution in [0.3, 0.4) is 0 Å². The molecule has 0 aromatic heterocycles. The molecule has 0 aliphatic rings. The van der Waals surface area contributed by atoms with Gasteiger partial charge in [0, 0.05) is 23.4 Å². The van der Waals surface area contributed by atoms with Crippen molar-refractivity contribution < 1.29 is 9.53 Å². The van der Waals surface area contributed by atoms with Gasteiger partial charge in [0.15, 0.2) is 5.78 Å². The minimum atomic E-state index is -0.0530. The SMILES string of the molecule is COc1ccc(C(=O)CCCl)cc1C(C)(C)C. The third-order valence-corrected chi connectivity index (χ3v) is 2.84. The number of carbonyl (C=O) groups excluding carboxylic acids is 1. The fourth-order valence-corrected chi connectivity index (χ4v) is 1.87. The Bertz CT molecular complexity index is 405. The van der Waals surface area contributed by atoms with Crippen LogP contribution in [-0.2, 0) is 5.41 Å². The standard InChI is InChI=1S/C14H19ClO2/c1-14(2,3)11-9-10(12(16)7-8-15)5-6-13(11)17-4/h5-6,9H,7-8H2,1-4H3. The molecule has 0 spiro atoms. The lowest BCUT2D eigenvalue weighted by Gasteiger charge is -2.22. The van der Waals surface area contributed by atoms with Crippen LogP contribution in [-0.4, -0.2) is 18.8 Å². The second-order valence-electron chi connectivity index (χ2n) is 5.03. The maximum atomic E-state index is 11.8. The third kappa shape index (κ3) is 3.47. The highest BCUT2D eigenvalue weighted by atomic mass is 35.5. The van der Waals surface area contributed by atoms with Crippen LogP contribution in [0, 0.1) is 0 Å². The second kappa shape index (κ2) is 5.54. The first kappa shape index (κ1) is 14.0. The van der Waals surface area contributed by atoms with E-state index in [1.54, 1.807) is 13.2 Å². The van der Waals surface area contributed by atoms with E-state index in [0.29, 0.717) is 17.9 Å². The fourth-order valence-electron chi connectivity index (χ4n) is 1.70. The molecule has 0 bridgehead atoms. The molecule has 0 saturated heterocycles. The Morgan fingerprint density at radius 1 is 1.35 bits per heavy atom. The molecule has 17 heavy (non-hydrogen) atoms. The molecule has 0 radical (unpaired) electrons. The van der Waals surface area contributed by atoms with Gasteiger partial charge in [-0.25, -0.2) is 0 Å². The topological polar surface area (TPSA) is 26.3 Å². The summed E-state index contributed by atoms with van der Waals surface area (Å²) in [6, 6.07) is 5.55. The van der Waals surface area contributed by atoms with Crippen LogP contribution >= 0.6 is 11.6 Å². The van der Waals surface area contributed by atoms with Gasteiger partial charge in [-0.3, -0.25) is 4.79 Å². The minimum absolute atomic E-state index is 0.0530. The number of hydrogen-bond donors (Lipinski definition) is 0. The van der Waals surface area contributed by atoms with Gasteiger partial charge in [-0.05, 0) is 23.6 Å². The number of alkyl halides is 1. The number of rotatable bonds is 4. The van der Waals surface area contributed by atoms with Gasteiger partial charge in [-0.15, -0.1) is 11.6 Å². The molecule has 1 rings (SSSR count). The number of Topliss-reactive ketones (excluding diaryl/α,β-unsaturated/α-hetero) is 1. The summed E-state index contributed by atoms with van der Waals surface area (Å²) in [6.45, 7) is 6.29. The lowest BCUT2D eigenvalue weighted by atomic mass is 9.85. The summed E-state index contributed by atoms with van der Waals surface area (Å²) in [4.78, 5) is 11.8. The Balaban J connectivity index is 3.18. The van der Waals surface area contributed by atoms with Crippen molar-refractivity contribution in [3.63, 3.8) is 0 Å². The third-order valence-electron chi connectivity index (χ3n) is 2.65. The molecule has 0 N–H and O–H groups in total. The summed E-state index contributed by atoms with van der Waals surface area (Å²) in [5.74, 6) is 1.25. The van der Waals surface area contributed by atoms with Crippen LogP contribution in [0.15, 0.2) is 18.2 Å². The first-order valence-electron chi connectivity index (χ1n) is 5.68. The zero-order valence-corrected chi connectivity index (χ0v) is 11.6. The van der Waals surface area contributed by atoms with Crippen molar-refractivity contribution in [2.45, 2.75) is 32.6 Å². The lowest BCUT2D eigenvalue weighted by molar-refractivity contribution is 0.0989. The Labute approximate surface area is 108 Å². The largest absolute Gasteiger partial charge is 0.496 e. The number of methoxy groups -OCH3 is 1. The van der Waals surface area contributed by atoms with Crippen LogP contribution in [0.1, 0.15) is 43.1 Å². The average Bonchev–Trinajstić information content (AvgIpc) is 2.27. The van der Waals surface area contributed by atoms with Gasteiger partial charge in [0.1, 0.15) is 5.75 Å². The van der Waals surface area contributed by atoms with Crippen LogP contribution in [0.5, 0.6) is 5.75 Å². The molecule has 0 fully saturated rings. The van der Waals surface area contributed by atoms with Crippen molar-refractivity contribution >= 4 is 17.4 Å². The minimum Gasteiger partial charge on any atom is -0.496 e. The second-order valence-corrected chi connectivity index (χ2v) is 5.41. The lowest BCUT2D eigenvalue weighted by Crippen LogP contribution is -2.14. The Kier molecular flexibility index (Phi) is 4.58. The maximum absolute atomic E-state index is 11.8. The number of hydrogen-bond acceptors (Lipinski definition) is 2. The summed E-state index contributed by atoms with van der Waals surface area (Å²) in [6.07, 6.45) is 0.372. The molecule has 0 aliphatic heterocycles. The molecule has 94 valence electrons. The Morgan fingerprint density at radius 3 is 2.47 bits per heavy atom. The molecule has 3 heteroatoms. The molecule has 1 aromatic carbocycles. The first-order valence-corrected chi connectivity index (χ1v) is 6.21. The van der Waals surface area contributed by atoms with E-state index in [2.05, 4.69) is 20.8 Å². The van der Waals surface area contributed by atoms with Crippen LogP contribution in [0.2, 0.25) is 0 Å². The van der Waals surface area contributed by atoms with Crippen molar-refractivity contribution in [2.75, 3.05) is 13.0 Å². The number of benzene rings is 1. The van der Waals surface area contributed by atoms with E-state index in [0.717, 1.165) is 11.3 Å². The van der Waals surface area contributed by atoms with Crippen LogP contribution in [0.4, 0.5) is 0 Å². The fraction of sp³-hybridized carbons (Fsp3) is 0.500. The first-order chi connectivity index (χ1) is 7.90. The van der Waals surface area contributed by atoms with Gasteiger partial charge in [-0.1, -0.05) is 20.8 Å². The zero-order valence-electron chi connectivity index (χ0n) is 10.8. The normalized spacial score (nSPS) is 11.4. The van der Waals surface area contributed by atoms with E-state index < -0.39 is 0 Å². The molecule has 0 atom stereocenters. The molecular formula is C14H19ClO2. The predicted octanol–water partition coefficient (Wildman–Crippen LogP) is 3.80. The molecule has 0 saturated carbocycles. The van der Waals surface area contributed by atoms with Crippen LogP contribution in [0.25, 0.3) is 0 Å². The van der Waals surface area contributed by atoms with E-state index >= 15 is 0 Å². The van der Waals surface area contributed by atoms with Crippen LogP contribution < -0.4 is 4.74 Å². The van der Waals surface area contributed by atoms with Gasteiger partial charge in [-0.2, -0.15) is 0 Å². The molecule has 0 heterocycles. The summed E-state index contributed by atoms with van der Waals surface area (Å²) in [7, 11) is 1.64. The Hall–Kier alpha value is -1.02. The number of ketones is 1. The van der Waals surface area contributed by atoms with E-state index in [1.807, 2.05) is 12.1 Å². The summed E-state index contributed by atoms with van der Waals surface area (Å²) >= 11 is 5.59. The van der Waals surface area contributed by atoms with E-state index in [-0.39, 0.29) is 11.2 Å². The van der Waals surface area contributed by atoms with Crippen molar-refractivity contribution in [1.82, 2.24) is 0 Å². The van der Waals surface area contributed by atoms with E-state index in [4.69, 9.17) is 16.3 Å². The number of ether oxygens (including phenoxy) is 1. The van der Waals surface area contributed by atoms with Crippen molar-refractivity contribution in [3.05, 3.63) is 29.3 Å². The molecule has 1 aromatic rings. The van der Waals surface area contributed by atoms with Crippen molar-refractivity contribution in [2.24, 2.45) is 0 Å². The smallest absolute Gasteiger partial charge is 0.164 e. The Morgan fingerprint density at radius 2 is 2.00 bits per heavy atom. The number of halogens is 1. The molecule has 0 amide bonds. The maximum Gasteiger partial charge on any atom is 0.164 e. The monoisotopic (exact) mass is 254 g/mol. The molecule has 0 aliphatic carbocycles. The van der Waals surface area contributed by atoms with Gasteiger partial charge >= 0.3 is 0 Å². The summed E-state index contributed by atoms with van der Waals surface area (Å²) in [5.41, 5.74) is 1.69. The van der Waals surface area contributed by atoms with Crippen molar-refractivity contribution in [3.8, 4) is 5.75 Å².